The third-order valence-corrected chi connectivity index (χ3v) is 3.54. The van der Waals surface area contributed by atoms with Crippen LogP contribution < -0.4 is 4.90 Å². The van der Waals surface area contributed by atoms with Crippen molar-refractivity contribution < 1.29 is 14.1 Å². The first-order valence-electron chi connectivity index (χ1n) is 7.89. The molecule has 1 aliphatic rings. The number of anilines is 1. The van der Waals surface area contributed by atoms with E-state index in [1.807, 2.05) is 37.8 Å². The highest BCUT2D eigenvalue weighted by Crippen LogP contribution is 2.20. The van der Waals surface area contributed by atoms with Crippen LogP contribution in [0.3, 0.4) is 0 Å². The molecule has 8 heteroatoms. The molecule has 3 rings (SSSR count). The van der Waals surface area contributed by atoms with Crippen molar-refractivity contribution in [2.75, 3.05) is 31.1 Å². The average Bonchev–Trinajstić information content (AvgIpc) is 3.04. The van der Waals surface area contributed by atoms with E-state index in [4.69, 9.17) is 9.26 Å². The lowest BCUT2D eigenvalue weighted by Crippen LogP contribution is -2.50. The number of carbonyl (C=O) groups is 1. The van der Waals surface area contributed by atoms with Gasteiger partial charge in [0.05, 0.1) is 5.56 Å². The van der Waals surface area contributed by atoms with E-state index >= 15 is 0 Å². The van der Waals surface area contributed by atoms with E-state index < -0.39 is 5.60 Å². The molecular weight excluding hydrogens is 310 g/mol. The number of hydrogen-bond donors (Lipinski definition) is 0. The van der Waals surface area contributed by atoms with Crippen molar-refractivity contribution in [2.24, 2.45) is 0 Å². The van der Waals surface area contributed by atoms with Gasteiger partial charge in [-0.05, 0) is 38.1 Å². The molecule has 2 aromatic heterocycles. The Balaban J connectivity index is 1.59. The van der Waals surface area contributed by atoms with E-state index in [2.05, 4.69) is 15.1 Å². The maximum absolute atomic E-state index is 12.1. The molecule has 0 unspecified atom stereocenters. The second kappa shape index (κ2) is 6.46. The second-order valence-electron chi connectivity index (χ2n) is 6.60. The van der Waals surface area contributed by atoms with Crippen molar-refractivity contribution in [1.82, 2.24) is 20.0 Å². The Kier molecular flexibility index (Phi) is 4.37. The number of piperazine rings is 1. The third kappa shape index (κ3) is 3.81. The molecule has 8 nitrogen and oxygen atoms in total. The summed E-state index contributed by atoms with van der Waals surface area (Å²) >= 11 is 0. The minimum absolute atomic E-state index is 0.286. The normalized spacial score (nSPS) is 15.5. The van der Waals surface area contributed by atoms with Gasteiger partial charge in [-0.1, -0.05) is 0 Å². The van der Waals surface area contributed by atoms with Gasteiger partial charge in [-0.3, -0.25) is 4.98 Å². The van der Waals surface area contributed by atoms with Gasteiger partial charge in [0.2, 0.25) is 0 Å². The lowest BCUT2D eigenvalue weighted by Gasteiger charge is -2.34. The first kappa shape index (κ1) is 16.2. The topological polar surface area (TPSA) is 84.6 Å². The first-order chi connectivity index (χ1) is 11.4. The Morgan fingerprint density at radius 3 is 2.62 bits per heavy atom. The summed E-state index contributed by atoms with van der Waals surface area (Å²) in [6, 6.07) is 3.68. The van der Waals surface area contributed by atoms with Gasteiger partial charge >= 0.3 is 6.09 Å². The lowest BCUT2D eigenvalue weighted by atomic mass is 10.2. The molecule has 1 aliphatic heterocycles. The number of pyridine rings is 1. The Bertz CT molecular complexity index is 687. The lowest BCUT2D eigenvalue weighted by molar-refractivity contribution is 0.0240. The number of rotatable bonds is 2. The average molecular weight is 331 g/mol. The minimum Gasteiger partial charge on any atom is -0.444 e. The van der Waals surface area contributed by atoms with Crippen molar-refractivity contribution in [3.8, 4) is 11.5 Å². The van der Waals surface area contributed by atoms with E-state index in [9.17, 15) is 4.79 Å². The fourth-order valence-electron chi connectivity index (χ4n) is 2.37. The summed E-state index contributed by atoms with van der Waals surface area (Å²) in [5, 5.41) is 4.02. The van der Waals surface area contributed by atoms with Crippen LogP contribution in [0.15, 0.2) is 29.0 Å². The molecule has 3 heterocycles. The maximum atomic E-state index is 12.1. The maximum Gasteiger partial charge on any atom is 0.410 e. The summed E-state index contributed by atoms with van der Waals surface area (Å²) in [7, 11) is 0. The summed E-state index contributed by atoms with van der Waals surface area (Å²) in [6.45, 7) is 7.97. The molecule has 1 fully saturated rings. The highest BCUT2D eigenvalue weighted by molar-refractivity contribution is 5.68. The van der Waals surface area contributed by atoms with Gasteiger partial charge in [-0.25, -0.2) is 4.79 Å². The number of hydrogen-bond acceptors (Lipinski definition) is 7. The molecule has 0 bridgehead atoms. The second-order valence-corrected chi connectivity index (χ2v) is 6.60. The molecule has 0 aromatic carbocycles. The van der Waals surface area contributed by atoms with Crippen LogP contribution in [0.2, 0.25) is 0 Å². The minimum atomic E-state index is -0.486. The van der Waals surface area contributed by atoms with Gasteiger partial charge in [0.25, 0.3) is 11.8 Å². The zero-order valence-corrected chi connectivity index (χ0v) is 14.1. The Labute approximate surface area is 140 Å². The van der Waals surface area contributed by atoms with E-state index in [1.165, 1.54) is 0 Å². The van der Waals surface area contributed by atoms with Crippen molar-refractivity contribution in [3.63, 3.8) is 0 Å². The molecule has 1 amide bonds. The highest BCUT2D eigenvalue weighted by Gasteiger charge is 2.27. The molecule has 24 heavy (non-hydrogen) atoms. The summed E-state index contributed by atoms with van der Waals surface area (Å²) in [4.78, 5) is 24.2. The van der Waals surface area contributed by atoms with Gasteiger partial charge < -0.3 is 19.1 Å². The van der Waals surface area contributed by atoms with Gasteiger partial charge in [-0.15, -0.1) is 0 Å². The fraction of sp³-hybridized carbons (Fsp3) is 0.500. The molecule has 0 saturated carbocycles. The van der Waals surface area contributed by atoms with Crippen LogP contribution in [0.5, 0.6) is 0 Å². The Morgan fingerprint density at radius 2 is 2.00 bits per heavy atom. The smallest absolute Gasteiger partial charge is 0.410 e. The van der Waals surface area contributed by atoms with Crippen molar-refractivity contribution in [2.45, 2.75) is 26.4 Å². The number of nitrogens with zero attached hydrogens (tertiary/aromatic N) is 5. The van der Waals surface area contributed by atoms with Gasteiger partial charge in [-0.2, -0.15) is 4.98 Å². The Morgan fingerprint density at radius 1 is 1.25 bits per heavy atom. The molecular formula is C16H21N5O3. The zero-order valence-electron chi connectivity index (χ0n) is 14.1. The number of ether oxygens (including phenoxy) is 1. The summed E-state index contributed by atoms with van der Waals surface area (Å²) in [5.74, 6) is 0.963. The van der Waals surface area contributed by atoms with Gasteiger partial charge in [0.15, 0.2) is 0 Å². The van der Waals surface area contributed by atoms with E-state index in [0.717, 1.165) is 5.56 Å². The number of carbonyl (C=O) groups excluding carboxylic acids is 1. The number of aromatic nitrogens is 3. The van der Waals surface area contributed by atoms with Crippen molar-refractivity contribution >= 4 is 12.0 Å². The van der Waals surface area contributed by atoms with Crippen LogP contribution in [0.1, 0.15) is 20.8 Å². The molecule has 0 radical (unpaired) electrons. The third-order valence-electron chi connectivity index (χ3n) is 3.54. The SMILES string of the molecule is CC(C)(C)OC(=O)N1CCN(c2noc(-c3cccnc3)n2)CC1. The van der Waals surface area contributed by atoms with Gasteiger partial charge in [0.1, 0.15) is 5.60 Å². The molecule has 0 spiro atoms. The van der Waals surface area contributed by atoms with Crippen LogP contribution in [-0.2, 0) is 4.74 Å². The molecule has 0 N–H and O–H groups in total. The Hall–Kier alpha value is -2.64. The van der Waals surface area contributed by atoms with Crippen molar-refractivity contribution in [3.05, 3.63) is 24.5 Å². The molecule has 0 atom stereocenters. The summed E-state index contributed by atoms with van der Waals surface area (Å²) < 4.78 is 10.7. The predicted molar refractivity (Wildman–Crippen MR) is 87.5 cm³/mol. The molecule has 2 aromatic rings. The summed E-state index contributed by atoms with van der Waals surface area (Å²) in [5.41, 5.74) is 0.296. The van der Waals surface area contributed by atoms with Crippen LogP contribution in [-0.4, -0.2) is 57.9 Å². The fourth-order valence-corrected chi connectivity index (χ4v) is 2.37. The van der Waals surface area contributed by atoms with E-state index in [-0.39, 0.29) is 6.09 Å². The van der Waals surface area contributed by atoms with E-state index in [1.54, 1.807) is 17.3 Å². The van der Waals surface area contributed by atoms with Crippen LogP contribution in [0.25, 0.3) is 11.5 Å². The zero-order chi connectivity index (χ0) is 17.2. The predicted octanol–water partition coefficient (Wildman–Crippen LogP) is 2.19. The highest BCUT2D eigenvalue weighted by atomic mass is 16.6. The first-order valence-corrected chi connectivity index (χ1v) is 7.89. The quantitative estimate of drug-likeness (QED) is 0.834. The van der Waals surface area contributed by atoms with Crippen LogP contribution in [0.4, 0.5) is 10.7 Å². The van der Waals surface area contributed by atoms with Crippen molar-refractivity contribution in [1.29, 1.82) is 0 Å². The molecule has 1 saturated heterocycles. The molecule has 128 valence electrons. The van der Waals surface area contributed by atoms with Crippen LogP contribution >= 0.6 is 0 Å². The summed E-state index contributed by atoms with van der Waals surface area (Å²) in [6.07, 6.45) is 3.08. The van der Waals surface area contributed by atoms with E-state index in [0.29, 0.717) is 38.0 Å². The monoisotopic (exact) mass is 331 g/mol. The van der Waals surface area contributed by atoms with Gasteiger partial charge in [0, 0.05) is 38.6 Å². The number of amides is 1. The van der Waals surface area contributed by atoms with Crippen LogP contribution in [0, 0.1) is 0 Å². The molecule has 0 aliphatic carbocycles. The largest absolute Gasteiger partial charge is 0.444 e. The standard InChI is InChI=1S/C16H21N5O3/c1-16(2,3)23-15(22)21-9-7-20(8-10-21)14-18-13(24-19-14)12-5-4-6-17-11-12/h4-6,11H,7-10H2,1-3H3.